The number of amides is 1. The van der Waals surface area contributed by atoms with E-state index in [1.54, 1.807) is 24.3 Å². The molecule has 25 heavy (non-hydrogen) atoms. The molecule has 0 bridgehead atoms. The lowest BCUT2D eigenvalue weighted by molar-refractivity contribution is 0.0955. The van der Waals surface area contributed by atoms with E-state index in [2.05, 4.69) is 10.5 Å². The van der Waals surface area contributed by atoms with Crippen LogP contribution in [0.25, 0.3) is 0 Å². The van der Waals surface area contributed by atoms with Gasteiger partial charge >= 0.3 is 0 Å². The fourth-order valence-corrected chi connectivity index (χ4v) is 2.62. The molecule has 0 saturated carbocycles. The molecule has 1 amide bonds. The van der Waals surface area contributed by atoms with Crippen LogP contribution in [-0.4, -0.2) is 18.2 Å². The molecule has 1 N–H and O–H groups in total. The summed E-state index contributed by atoms with van der Waals surface area (Å²) in [6.07, 6.45) is 2.46. The molecule has 0 aromatic heterocycles. The van der Waals surface area contributed by atoms with Crippen molar-refractivity contribution in [2.24, 2.45) is 5.10 Å². The van der Waals surface area contributed by atoms with Crippen LogP contribution in [0.1, 0.15) is 36.2 Å². The van der Waals surface area contributed by atoms with Crippen LogP contribution < -0.4 is 10.2 Å². The average Bonchev–Trinajstić information content (AvgIpc) is 2.57. The number of carbonyl (C=O) groups excluding carboxylic acids is 1. The Hall–Kier alpha value is -1.75. The molecule has 132 valence electrons. The molecule has 1 atom stereocenters. The highest BCUT2D eigenvalue weighted by atomic mass is 35.5. The Balaban J connectivity index is 2.02. The third-order valence-corrected chi connectivity index (χ3v) is 4.26. The first-order chi connectivity index (χ1) is 11.9. The Labute approximate surface area is 161 Å². The second-order valence-corrected chi connectivity index (χ2v) is 6.60. The summed E-state index contributed by atoms with van der Waals surface area (Å²) in [6.45, 7) is 4.01. The first-order valence-electron chi connectivity index (χ1n) is 7.65. The number of hydrazone groups is 1. The maximum absolute atomic E-state index is 12.0. The molecule has 0 saturated heterocycles. The monoisotopic (exact) mass is 398 g/mol. The maximum atomic E-state index is 12.0. The summed E-state index contributed by atoms with van der Waals surface area (Å²) < 4.78 is 5.70. The highest BCUT2D eigenvalue weighted by Crippen LogP contribution is 2.26. The van der Waals surface area contributed by atoms with Crippen LogP contribution in [-0.2, 0) is 0 Å². The van der Waals surface area contributed by atoms with Crippen LogP contribution in [0.5, 0.6) is 5.75 Å². The van der Waals surface area contributed by atoms with Crippen molar-refractivity contribution >= 4 is 46.9 Å². The molecular formula is C18H17Cl3N2O2. The molecule has 2 aromatic rings. The first kappa shape index (κ1) is 19.6. The molecule has 0 fully saturated rings. The first-order valence-corrected chi connectivity index (χ1v) is 8.78. The Morgan fingerprint density at radius 3 is 2.60 bits per heavy atom. The fourth-order valence-electron chi connectivity index (χ4n) is 1.89. The van der Waals surface area contributed by atoms with Crippen LogP contribution in [0.15, 0.2) is 41.5 Å². The molecule has 4 nitrogen and oxygen atoms in total. The van der Waals surface area contributed by atoms with Crippen molar-refractivity contribution in [2.45, 2.75) is 26.4 Å². The average molecular weight is 400 g/mol. The van der Waals surface area contributed by atoms with Crippen molar-refractivity contribution in [3.05, 3.63) is 62.6 Å². The predicted molar refractivity (Wildman–Crippen MR) is 103 cm³/mol. The third-order valence-electron chi connectivity index (χ3n) is 3.41. The molecule has 2 rings (SSSR count). The van der Waals surface area contributed by atoms with E-state index in [4.69, 9.17) is 39.5 Å². The van der Waals surface area contributed by atoms with Gasteiger partial charge in [0.25, 0.3) is 5.91 Å². The number of nitrogens with zero attached hydrogens (tertiary/aromatic N) is 1. The van der Waals surface area contributed by atoms with Crippen LogP contribution in [0.4, 0.5) is 0 Å². The number of halogens is 3. The zero-order chi connectivity index (χ0) is 18.4. The minimum absolute atomic E-state index is 0.0837. The Morgan fingerprint density at radius 2 is 1.96 bits per heavy atom. The zero-order valence-corrected chi connectivity index (χ0v) is 16.0. The molecule has 0 aliphatic carbocycles. The van der Waals surface area contributed by atoms with Crippen LogP contribution >= 0.6 is 34.8 Å². The Morgan fingerprint density at radius 1 is 1.20 bits per heavy atom. The molecule has 2 aromatic carbocycles. The van der Waals surface area contributed by atoms with E-state index in [-0.39, 0.29) is 11.1 Å². The summed E-state index contributed by atoms with van der Waals surface area (Å²) in [7, 11) is 0. The van der Waals surface area contributed by atoms with Gasteiger partial charge in [0.2, 0.25) is 0 Å². The number of hydrogen-bond donors (Lipinski definition) is 1. The van der Waals surface area contributed by atoms with Gasteiger partial charge in [-0.05, 0) is 55.3 Å². The van der Waals surface area contributed by atoms with Gasteiger partial charge in [-0.2, -0.15) is 5.10 Å². The van der Waals surface area contributed by atoms with E-state index in [9.17, 15) is 4.79 Å². The van der Waals surface area contributed by atoms with Gasteiger partial charge in [-0.1, -0.05) is 41.7 Å². The summed E-state index contributed by atoms with van der Waals surface area (Å²) >= 11 is 18.0. The van der Waals surface area contributed by atoms with Crippen LogP contribution in [0.3, 0.4) is 0 Å². The molecule has 0 spiro atoms. The number of benzene rings is 2. The molecular weight excluding hydrogens is 383 g/mol. The maximum Gasteiger partial charge on any atom is 0.272 e. The Bertz CT molecular complexity index is 794. The van der Waals surface area contributed by atoms with Crippen molar-refractivity contribution in [1.29, 1.82) is 0 Å². The number of hydrogen-bond acceptors (Lipinski definition) is 3. The van der Waals surface area contributed by atoms with Gasteiger partial charge in [-0.15, -0.1) is 0 Å². The van der Waals surface area contributed by atoms with E-state index >= 15 is 0 Å². The van der Waals surface area contributed by atoms with E-state index in [1.807, 2.05) is 13.8 Å². The van der Waals surface area contributed by atoms with Crippen molar-refractivity contribution in [3.63, 3.8) is 0 Å². The highest BCUT2D eigenvalue weighted by molar-refractivity contribution is 6.36. The van der Waals surface area contributed by atoms with Crippen molar-refractivity contribution < 1.29 is 9.53 Å². The lowest BCUT2D eigenvalue weighted by atomic mass is 10.2. The van der Waals surface area contributed by atoms with Crippen LogP contribution in [0.2, 0.25) is 15.1 Å². The summed E-state index contributed by atoms with van der Waals surface area (Å²) in [5.74, 6) is 0.186. The summed E-state index contributed by atoms with van der Waals surface area (Å²) in [5, 5.41) is 5.11. The third kappa shape index (κ3) is 5.63. The van der Waals surface area contributed by atoms with E-state index in [0.29, 0.717) is 21.4 Å². The SMILES string of the molecule is CC[C@@H](C)Oc1ccc(/C=N\NC(=O)c2ccc(Cl)cc2Cl)cc1Cl. The van der Waals surface area contributed by atoms with Gasteiger partial charge in [0, 0.05) is 5.02 Å². The lowest BCUT2D eigenvalue weighted by Crippen LogP contribution is -2.18. The standard InChI is InChI=1S/C18H17Cl3N2O2/c1-3-11(2)25-17-7-4-12(8-16(17)21)10-22-23-18(24)14-6-5-13(19)9-15(14)20/h4-11H,3H2,1-2H3,(H,23,24)/b22-10-/t11-/m1/s1. The van der Waals surface area contributed by atoms with Crippen LogP contribution in [0, 0.1) is 0 Å². The molecule has 7 heteroatoms. The fraction of sp³-hybridized carbons (Fsp3) is 0.222. The minimum atomic E-state index is -0.430. The van der Waals surface area contributed by atoms with Crippen molar-refractivity contribution in [2.75, 3.05) is 0 Å². The summed E-state index contributed by atoms with van der Waals surface area (Å²) in [6, 6.07) is 9.90. The second-order valence-electron chi connectivity index (χ2n) is 5.35. The van der Waals surface area contributed by atoms with Crippen molar-refractivity contribution in [1.82, 2.24) is 5.43 Å². The highest BCUT2D eigenvalue weighted by Gasteiger charge is 2.10. The van der Waals surface area contributed by atoms with Gasteiger partial charge in [-0.25, -0.2) is 5.43 Å². The smallest absolute Gasteiger partial charge is 0.272 e. The summed E-state index contributed by atoms with van der Waals surface area (Å²) in [5.41, 5.74) is 3.43. The van der Waals surface area contributed by atoms with Gasteiger partial charge in [0.1, 0.15) is 5.75 Å². The lowest BCUT2D eigenvalue weighted by Gasteiger charge is -2.13. The van der Waals surface area contributed by atoms with Crippen molar-refractivity contribution in [3.8, 4) is 5.75 Å². The molecule has 0 aliphatic rings. The van der Waals surface area contributed by atoms with E-state index in [1.165, 1.54) is 18.3 Å². The van der Waals surface area contributed by atoms with E-state index < -0.39 is 5.91 Å². The predicted octanol–water partition coefficient (Wildman–Crippen LogP) is 5.59. The quantitative estimate of drug-likeness (QED) is 0.508. The van der Waals surface area contributed by atoms with Gasteiger partial charge in [0.05, 0.1) is 27.9 Å². The molecule has 0 radical (unpaired) electrons. The minimum Gasteiger partial charge on any atom is -0.489 e. The number of carbonyl (C=O) groups is 1. The number of nitrogens with one attached hydrogen (secondary N) is 1. The largest absolute Gasteiger partial charge is 0.489 e. The topological polar surface area (TPSA) is 50.7 Å². The Kier molecular flexibility index (Phi) is 7.12. The summed E-state index contributed by atoms with van der Waals surface area (Å²) in [4.78, 5) is 12.0. The molecule has 0 aliphatic heterocycles. The molecule has 0 unspecified atom stereocenters. The van der Waals surface area contributed by atoms with Gasteiger partial charge in [-0.3, -0.25) is 4.79 Å². The second kappa shape index (κ2) is 9.09. The zero-order valence-electron chi connectivity index (χ0n) is 13.7. The molecule has 0 heterocycles. The van der Waals surface area contributed by atoms with Gasteiger partial charge < -0.3 is 4.74 Å². The number of ether oxygens (including phenoxy) is 1. The number of rotatable bonds is 6. The normalized spacial score (nSPS) is 12.2. The van der Waals surface area contributed by atoms with E-state index in [0.717, 1.165) is 12.0 Å². The van der Waals surface area contributed by atoms with Gasteiger partial charge in [0.15, 0.2) is 0 Å².